The summed E-state index contributed by atoms with van der Waals surface area (Å²) in [4.78, 5) is 10.0. The summed E-state index contributed by atoms with van der Waals surface area (Å²) in [5, 5.41) is 14.6. The molecule has 0 spiro atoms. The fourth-order valence-electron chi connectivity index (χ4n) is 7.00. The first-order valence-corrected chi connectivity index (χ1v) is 17.4. The zero-order valence-electron chi connectivity index (χ0n) is 28.2. The van der Waals surface area contributed by atoms with Crippen molar-refractivity contribution in [1.82, 2.24) is 9.97 Å². The molecule has 0 amide bonds. The Kier molecular flexibility index (Phi) is 7.89. The highest BCUT2D eigenvalue weighted by Crippen LogP contribution is 2.35. The van der Waals surface area contributed by atoms with Crippen molar-refractivity contribution in [2.24, 2.45) is 0 Å². The monoisotopic (exact) mass is 661 g/mol. The number of aromatic nitrogens is 2. The van der Waals surface area contributed by atoms with Gasteiger partial charge < -0.3 is 0 Å². The third-order valence-electron chi connectivity index (χ3n) is 9.68. The number of nitrogens with zero attached hydrogens (tertiary/aromatic N) is 3. The lowest BCUT2D eigenvalue weighted by Gasteiger charge is -2.12. The van der Waals surface area contributed by atoms with E-state index in [0.717, 1.165) is 72.2 Å². The summed E-state index contributed by atoms with van der Waals surface area (Å²) in [6.07, 6.45) is 0. The minimum atomic E-state index is 0.642. The largest absolute Gasteiger partial charge is 0.228 e. The first-order valence-electron chi connectivity index (χ1n) is 17.4. The van der Waals surface area contributed by atoms with E-state index < -0.39 is 0 Å². The number of fused-ring (bicyclic) bond motifs is 2. The van der Waals surface area contributed by atoms with Crippen LogP contribution in [0.15, 0.2) is 188 Å². The summed E-state index contributed by atoms with van der Waals surface area (Å²) in [6.45, 7) is 0. The van der Waals surface area contributed by atoms with Crippen LogP contribution in [0.3, 0.4) is 0 Å². The molecule has 0 aliphatic rings. The maximum atomic E-state index is 9.99. The fraction of sp³-hybridized carbons (Fsp3) is 0. The average Bonchev–Trinajstić information content (AvgIpc) is 3.23. The molecule has 3 heteroatoms. The molecule has 9 rings (SSSR count). The average molecular weight is 662 g/mol. The normalized spacial score (nSPS) is 11.1. The summed E-state index contributed by atoms with van der Waals surface area (Å²) < 4.78 is 0. The van der Waals surface area contributed by atoms with Crippen LogP contribution in [0.5, 0.6) is 0 Å². The number of rotatable bonds is 6. The molecule has 0 atom stereocenters. The third-order valence-corrected chi connectivity index (χ3v) is 9.68. The van der Waals surface area contributed by atoms with Gasteiger partial charge in [-0.1, -0.05) is 152 Å². The molecule has 1 aromatic heterocycles. The summed E-state index contributed by atoms with van der Waals surface area (Å²) >= 11 is 0. The van der Waals surface area contributed by atoms with Crippen molar-refractivity contribution in [1.29, 1.82) is 5.26 Å². The standard InChI is InChI=1S/C49H31N3/c50-32-33-26-42(30-44(27-33)46-17-9-15-36-10-7-8-16-45(36)46)41-25-21-35-20-24-40(28-43(35)29-41)34-18-22-39(23-19-34)49-51-47(37-11-3-1-4-12-37)31-48(52-49)38-13-5-2-6-14-38/h1-31H. The molecular formula is C49H31N3. The maximum absolute atomic E-state index is 9.99. The zero-order valence-corrected chi connectivity index (χ0v) is 28.2. The molecule has 1 heterocycles. The van der Waals surface area contributed by atoms with Gasteiger partial charge in [-0.15, -0.1) is 0 Å². The van der Waals surface area contributed by atoms with Crippen LogP contribution in [0.4, 0.5) is 0 Å². The molecule has 0 saturated heterocycles. The van der Waals surface area contributed by atoms with E-state index in [4.69, 9.17) is 9.97 Å². The molecule has 0 saturated carbocycles. The highest BCUT2D eigenvalue weighted by atomic mass is 14.9. The predicted octanol–water partition coefficient (Wildman–Crippen LogP) is 12.7. The number of hydrogen-bond acceptors (Lipinski definition) is 3. The summed E-state index contributed by atoms with van der Waals surface area (Å²) in [5.74, 6) is 0.692. The highest BCUT2D eigenvalue weighted by Gasteiger charge is 2.12. The quantitative estimate of drug-likeness (QED) is 0.178. The molecule has 0 N–H and O–H groups in total. The van der Waals surface area contributed by atoms with Crippen LogP contribution in [0.1, 0.15) is 5.56 Å². The van der Waals surface area contributed by atoms with Gasteiger partial charge in [-0.05, 0) is 91.3 Å². The maximum Gasteiger partial charge on any atom is 0.160 e. The van der Waals surface area contributed by atoms with E-state index >= 15 is 0 Å². The second-order valence-corrected chi connectivity index (χ2v) is 13.0. The molecule has 242 valence electrons. The van der Waals surface area contributed by atoms with Gasteiger partial charge in [0.15, 0.2) is 5.82 Å². The van der Waals surface area contributed by atoms with E-state index in [1.165, 1.54) is 10.8 Å². The number of nitriles is 1. The Morgan fingerprint density at radius 1 is 0.346 bits per heavy atom. The molecule has 0 aliphatic carbocycles. The van der Waals surface area contributed by atoms with Gasteiger partial charge in [0.1, 0.15) is 0 Å². The van der Waals surface area contributed by atoms with Crippen molar-refractivity contribution in [2.75, 3.05) is 0 Å². The summed E-state index contributed by atoms with van der Waals surface area (Å²) in [7, 11) is 0. The van der Waals surface area contributed by atoms with Gasteiger partial charge in [0.2, 0.25) is 0 Å². The van der Waals surface area contributed by atoms with E-state index in [0.29, 0.717) is 11.4 Å². The van der Waals surface area contributed by atoms with E-state index in [1.807, 2.05) is 48.5 Å². The Morgan fingerprint density at radius 2 is 0.904 bits per heavy atom. The van der Waals surface area contributed by atoms with Crippen LogP contribution >= 0.6 is 0 Å². The number of hydrogen-bond donors (Lipinski definition) is 0. The van der Waals surface area contributed by atoms with E-state index in [1.54, 1.807) is 0 Å². The second kappa shape index (κ2) is 13.3. The molecule has 0 fully saturated rings. The lowest BCUT2D eigenvalue weighted by Crippen LogP contribution is -1.95. The van der Waals surface area contributed by atoms with Crippen molar-refractivity contribution in [2.45, 2.75) is 0 Å². The summed E-state index contributed by atoms with van der Waals surface area (Å²) in [5.41, 5.74) is 12.0. The van der Waals surface area contributed by atoms with Crippen molar-refractivity contribution >= 4 is 21.5 Å². The first-order chi connectivity index (χ1) is 25.7. The van der Waals surface area contributed by atoms with Crippen LogP contribution in [-0.2, 0) is 0 Å². The van der Waals surface area contributed by atoms with Crippen LogP contribution in [-0.4, -0.2) is 9.97 Å². The second-order valence-electron chi connectivity index (χ2n) is 13.0. The Balaban J connectivity index is 1.07. The van der Waals surface area contributed by atoms with Gasteiger partial charge in [-0.2, -0.15) is 5.26 Å². The van der Waals surface area contributed by atoms with Crippen LogP contribution in [0.25, 0.3) is 88.8 Å². The summed E-state index contributed by atoms with van der Waals surface area (Å²) in [6, 6.07) is 67.5. The van der Waals surface area contributed by atoms with Crippen LogP contribution in [0.2, 0.25) is 0 Å². The topological polar surface area (TPSA) is 49.6 Å². The smallest absolute Gasteiger partial charge is 0.160 e. The highest BCUT2D eigenvalue weighted by molar-refractivity contribution is 5.98. The Bertz CT molecular complexity index is 2720. The van der Waals surface area contributed by atoms with Crippen molar-refractivity contribution < 1.29 is 0 Å². The van der Waals surface area contributed by atoms with Crippen molar-refractivity contribution in [3.8, 4) is 73.4 Å². The van der Waals surface area contributed by atoms with Gasteiger partial charge in [-0.25, -0.2) is 9.97 Å². The van der Waals surface area contributed by atoms with Crippen LogP contribution in [0, 0.1) is 11.3 Å². The minimum Gasteiger partial charge on any atom is -0.228 e. The molecule has 0 aliphatic heterocycles. The van der Waals surface area contributed by atoms with E-state index in [2.05, 4.69) is 146 Å². The Morgan fingerprint density at radius 3 is 1.58 bits per heavy atom. The Hall–Kier alpha value is -7.15. The lowest BCUT2D eigenvalue weighted by atomic mass is 9.92. The van der Waals surface area contributed by atoms with Gasteiger partial charge >= 0.3 is 0 Å². The zero-order chi connectivity index (χ0) is 34.9. The van der Waals surface area contributed by atoms with Gasteiger partial charge in [0.05, 0.1) is 23.0 Å². The van der Waals surface area contributed by atoms with Crippen molar-refractivity contribution in [3.63, 3.8) is 0 Å². The lowest BCUT2D eigenvalue weighted by molar-refractivity contribution is 1.18. The third kappa shape index (κ3) is 6.00. The predicted molar refractivity (Wildman–Crippen MR) is 214 cm³/mol. The molecule has 0 unspecified atom stereocenters. The molecule has 0 bridgehead atoms. The SMILES string of the molecule is N#Cc1cc(-c2ccc3ccc(-c4ccc(-c5nc(-c6ccccc6)cc(-c6ccccc6)n5)cc4)cc3c2)cc(-c2cccc3ccccc23)c1. The van der Waals surface area contributed by atoms with Gasteiger partial charge in [-0.3, -0.25) is 0 Å². The molecule has 9 aromatic rings. The molecule has 52 heavy (non-hydrogen) atoms. The van der Waals surface area contributed by atoms with Gasteiger partial charge in [0, 0.05) is 16.7 Å². The fourth-order valence-corrected chi connectivity index (χ4v) is 7.00. The first kappa shape index (κ1) is 30.9. The molecule has 0 radical (unpaired) electrons. The molecule has 8 aromatic carbocycles. The van der Waals surface area contributed by atoms with Crippen molar-refractivity contribution in [3.05, 3.63) is 194 Å². The van der Waals surface area contributed by atoms with Crippen LogP contribution < -0.4 is 0 Å². The Labute approximate surface area is 302 Å². The number of benzene rings is 8. The molecule has 3 nitrogen and oxygen atoms in total. The van der Waals surface area contributed by atoms with E-state index in [9.17, 15) is 5.26 Å². The minimum absolute atomic E-state index is 0.642. The van der Waals surface area contributed by atoms with E-state index in [-0.39, 0.29) is 0 Å². The van der Waals surface area contributed by atoms with Gasteiger partial charge in [0.25, 0.3) is 0 Å². The molecular weight excluding hydrogens is 631 g/mol.